The van der Waals surface area contributed by atoms with Crippen LogP contribution in [-0.2, 0) is 0 Å². The van der Waals surface area contributed by atoms with Gasteiger partial charge in [-0.2, -0.15) is 5.26 Å². The van der Waals surface area contributed by atoms with Crippen molar-refractivity contribution in [1.82, 2.24) is 0 Å². The summed E-state index contributed by atoms with van der Waals surface area (Å²) in [6, 6.07) is 7.87. The monoisotopic (exact) mass is 247 g/mol. The summed E-state index contributed by atoms with van der Waals surface area (Å²) in [5.74, 6) is 0. The standard InChI is InChI=1S/C14H21N3O/c1-3-12(4-2)17(7-8-18)13-6-5-11(10-15)14(16)9-13/h5-6,9,12,18H,3-4,7-8,16H2,1-2H3. The summed E-state index contributed by atoms with van der Waals surface area (Å²) in [7, 11) is 0. The maximum atomic E-state index is 9.18. The van der Waals surface area contributed by atoms with Crippen LogP contribution in [0.15, 0.2) is 18.2 Å². The highest BCUT2D eigenvalue weighted by atomic mass is 16.3. The predicted molar refractivity (Wildman–Crippen MR) is 74.4 cm³/mol. The van der Waals surface area contributed by atoms with Gasteiger partial charge in [-0.05, 0) is 31.0 Å². The van der Waals surface area contributed by atoms with Crippen LogP contribution in [0.5, 0.6) is 0 Å². The first-order valence-electron chi connectivity index (χ1n) is 6.35. The largest absolute Gasteiger partial charge is 0.398 e. The van der Waals surface area contributed by atoms with Crippen molar-refractivity contribution in [3.63, 3.8) is 0 Å². The van der Waals surface area contributed by atoms with Crippen molar-refractivity contribution in [3.8, 4) is 6.07 Å². The van der Waals surface area contributed by atoms with Gasteiger partial charge >= 0.3 is 0 Å². The molecule has 18 heavy (non-hydrogen) atoms. The third-order valence-corrected chi connectivity index (χ3v) is 3.21. The van der Waals surface area contributed by atoms with E-state index in [0.29, 0.717) is 23.8 Å². The summed E-state index contributed by atoms with van der Waals surface area (Å²) in [6.07, 6.45) is 2.02. The normalized spacial score (nSPS) is 10.4. The molecule has 0 spiro atoms. The van der Waals surface area contributed by atoms with Crippen molar-refractivity contribution >= 4 is 11.4 Å². The van der Waals surface area contributed by atoms with Gasteiger partial charge in [0.25, 0.3) is 0 Å². The summed E-state index contributed by atoms with van der Waals surface area (Å²) in [6.45, 7) is 4.95. The third-order valence-electron chi connectivity index (χ3n) is 3.21. The molecule has 0 fully saturated rings. The van der Waals surface area contributed by atoms with Crippen molar-refractivity contribution in [2.75, 3.05) is 23.8 Å². The van der Waals surface area contributed by atoms with Crippen LogP contribution in [0, 0.1) is 11.3 Å². The van der Waals surface area contributed by atoms with Crippen LogP contribution in [0.4, 0.5) is 11.4 Å². The van der Waals surface area contributed by atoms with Crippen molar-refractivity contribution < 1.29 is 5.11 Å². The Balaban J connectivity index is 3.06. The van der Waals surface area contributed by atoms with Crippen LogP contribution >= 0.6 is 0 Å². The second kappa shape index (κ2) is 6.87. The number of nitrogens with zero attached hydrogens (tertiary/aromatic N) is 2. The minimum Gasteiger partial charge on any atom is -0.398 e. The van der Waals surface area contributed by atoms with Gasteiger partial charge in [-0.1, -0.05) is 13.8 Å². The zero-order valence-electron chi connectivity index (χ0n) is 11.1. The number of hydrogen-bond donors (Lipinski definition) is 2. The van der Waals surface area contributed by atoms with Crippen LogP contribution in [0.1, 0.15) is 32.3 Å². The highest BCUT2D eigenvalue weighted by Gasteiger charge is 2.16. The van der Waals surface area contributed by atoms with Crippen LogP contribution in [0.25, 0.3) is 0 Å². The van der Waals surface area contributed by atoms with Gasteiger partial charge in [0.15, 0.2) is 0 Å². The molecule has 4 nitrogen and oxygen atoms in total. The van der Waals surface area contributed by atoms with Gasteiger partial charge in [0.2, 0.25) is 0 Å². The van der Waals surface area contributed by atoms with E-state index in [-0.39, 0.29) is 6.61 Å². The van der Waals surface area contributed by atoms with E-state index in [1.54, 1.807) is 6.07 Å². The van der Waals surface area contributed by atoms with Crippen molar-refractivity contribution in [3.05, 3.63) is 23.8 Å². The minimum atomic E-state index is 0.108. The Bertz CT molecular complexity index is 422. The average Bonchev–Trinajstić information content (AvgIpc) is 2.39. The molecule has 98 valence electrons. The molecule has 1 rings (SSSR count). The molecule has 1 aromatic rings. The molecule has 0 aliphatic heterocycles. The second-order valence-corrected chi connectivity index (χ2v) is 4.27. The van der Waals surface area contributed by atoms with Gasteiger partial charge < -0.3 is 15.7 Å². The van der Waals surface area contributed by atoms with Gasteiger partial charge in [-0.15, -0.1) is 0 Å². The Morgan fingerprint density at radius 2 is 2.06 bits per heavy atom. The zero-order chi connectivity index (χ0) is 13.5. The van der Waals surface area contributed by atoms with Gasteiger partial charge in [0.05, 0.1) is 17.9 Å². The Morgan fingerprint density at radius 3 is 2.50 bits per heavy atom. The number of nitrogens with two attached hydrogens (primary N) is 1. The van der Waals surface area contributed by atoms with Crippen LogP contribution < -0.4 is 10.6 Å². The van der Waals surface area contributed by atoms with E-state index in [2.05, 4.69) is 24.8 Å². The molecule has 0 unspecified atom stereocenters. The van der Waals surface area contributed by atoms with Gasteiger partial charge in [0.1, 0.15) is 6.07 Å². The molecule has 0 aromatic heterocycles. The van der Waals surface area contributed by atoms with E-state index in [9.17, 15) is 5.11 Å². The number of nitrogen functional groups attached to an aromatic ring is 1. The molecule has 0 aliphatic rings. The zero-order valence-corrected chi connectivity index (χ0v) is 11.1. The highest BCUT2D eigenvalue weighted by molar-refractivity contribution is 5.64. The maximum Gasteiger partial charge on any atom is 0.101 e. The lowest BCUT2D eigenvalue weighted by molar-refractivity contribution is 0.296. The molecule has 0 atom stereocenters. The molecular formula is C14H21N3O. The molecule has 3 N–H and O–H groups in total. The summed E-state index contributed by atoms with van der Waals surface area (Å²) in [5, 5.41) is 18.1. The van der Waals surface area contributed by atoms with Crippen molar-refractivity contribution in [2.45, 2.75) is 32.7 Å². The molecule has 0 saturated heterocycles. The Morgan fingerprint density at radius 1 is 1.39 bits per heavy atom. The van der Waals surface area contributed by atoms with Crippen LogP contribution in [-0.4, -0.2) is 24.3 Å². The lowest BCUT2D eigenvalue weighted by Crippen LogP contribution is -2.36. The first-order valence-corrected chi connectivity index (χ1v) is 6.35. The molecule has 0 amide bonds. The summed E-state index contributed by atoms with van der Waals surface area (Å²) >= 11 is 0. The fourth-order valence-electron chi connectivity index (χ4n) is 2.19. The topological polar surface area (TPSA) is 73.3 Å². The molecule has 0 bridgehead atoms. The smallest absolute Gasteiger partial charge is 0.101 e. The number of nitriles is 1. The maximum absolute atomic E-state index is 9.18. The molecule has 0 radical (unpaired) electrons. The lowest BCUT2D eigenvalue weighted by atomic mass is 10.1. The predicted octanol–water partition coefficient (Wildman–Crippen LogP) is 2.13. The third kappa shape index (κ3) is 3.14. The minimum absolute atomic E-state index is 0.108. The Kier molecular flexibility index (Phi) is 5.47. The van der Waals surface area contributed by atoms with E-state index < -0.39 is 0 Å². The molecule has 1 aromatic carbocycles. The lowest BCUT2D eigenvalue weighted by Gasteiger charge is -2.32. The van der Waals surface area contributed by atoms with Crippen molar-refractivity contribution in [1.29, 1.82) is 5.26 Å². The Hall–Kier alpha value is -1.73. The van der Waals surface area contributed by atoms with Gasteiger partial charge in [-0.3, -0.25) is 0 Å². The number of aliphatic hydroxyl groups is 1. The first kappa shape index (κ1) is 14.3. The van der Waals surface area contributed by atoms with E-state index in [0.717, 1.165) is 18.5 Å². The van der Waals surface area contributed by atoms with E-state index >= 15 is 0 Å². The Labute approximate surface area is 109 Å². The number of rotatable bonds is 6. The molecule has 0 aliphatic carbocycles. The quantitative estimate of drug-likeness (QED) is 0.755. The van der Waals surface area contributed by atoms with Gasteiger partial charge in [-0.25, -0.2) is 0 Å². The number of aliphatic hydroxyl groups excluding tert-OH is 1. The van der Waals surface area contributed by atoms with Gasteiger partial charge in [0, 0.05) is 18.3 Å². The molecule has 4 heteroatoms. The highest BCUT2D eigenvalue weighted by Crippen LogP contribution is 2.24. The van der Waals surface area contributed by atoms with E-state index in [1.165, 1.54) is 0 Å². The number of hydrogen-bond acceptors (Lipinski definition) is 4. The SMILES string of the molecule is CCC(CC)N(CCO)c1ccc(C#N)c(N)c1. The summed E-state index contributed by atoms with van der Waals surface area (Å²) in [5.41, 5.74) is 7.79. The second-order valence-electron chi connectivity index (χ2n) is 4.27. The molecule has 0 saturated carbocycles. The van der Waals surface area contributed by atoms with Crippen LogP contribution in [0.3, 0.4) is 0 Å². The van der Waals surface area contributed by atoms with E-state index in [4.69, 9.17) is 11.0 Å². The molecular weight excluding hydrogens is 226 g/mol. The van der Waals surface area contributed by atoms with Crippen LogP contribution in [0.2, 0.25) is 0 Å². The molecule has 0 heterocycles. The first-order chi connectivity index (χ1) is 8.67. The fraction of sp³-hybridized carbons (Fsp3) is 0.500. The summed E-state index contributed by atoms with van der Waals surface area (Å²) < 4.78 is 0. The number of anilines is 2. The fourth-order valence-corrected chi connectivity index (χ4v) is 2.19. The van der Waals surface area contributed by atoms with Crippen molar-refractivity contribution in [2.24, 2.45) is 0 Å². The summed E-state index contributed by atoms with van der Waals surface area (Å²) in [4.78, 5) is 2.15. The number of benzene rings is 1. The average molecular weight is 247 g/mol. The van der Waals surface area contributed by atoms with E-state index in [1.807, 2.05) is 12.1 Å².